The molecular weight excluding hydrogens is 356 g/mol. The third-order valence-electron chi connectivity index (χ3n) is 5.23. The largest absolute Gasteiger partial charge is 0.493 e. The molecule has 1 aliphatic rings. The normalized spacial score (nSPS) is 15.3. The number of anilines is 1. The molecule has 1 saturated carbocycles. The first-order valence-electron chi connectivity index (χ1n) is 9.36. The lowest BCUT2D eigenvalue weighted by Crippen LogP contribution is -2.45. The van der Waals surface area contributed by atoms with E-state index in [0.29, 0.717) is 5.11 Å². The molecule has 3 rings (SSSR count). The summed E-state index contributed by atoms with van der Waals surface area (Å²) in [7, 11) is 3.33. The highest BCUT2D eigenvalue weighted by Gasteiger charge is 2.37. The zero-order valence-corrected chi connectivity index (χ0v) is 17.3. The lowest BCUT2D eigenvalue weighted by molar-refractivity contribution is 0.350. The van der Waals surface area contributed by atoms with E-state index in [1.807, 2.05) is 6.07 Å². The van der Waals surface area contributed by atoms with Crippen molar-refractivity contribution < 1.29 is 9.47 Å². The fraction of sp³-hybridized carbons (Fsp3) is 0.409. The van der Waals surface area contributed by atoms with Crippen molar-refractivity contribution in [3.8, 4) is 11.5 Å². The van der Waals surface area contributed by atoms with Gasteiger partial charge in [-0.2, -0.15) is 0 Å². The number of aryl methyl sites for hydroxylation is 2. The molecule has 0 amide bonds. The summed E-state index contributed by atoms with van der Waals surface area (Å²) in [6.45, 7) is 4.19. The minimum Gasteiger partial charge on any atom is -0.493 e. The summed E-state index contributed by atoms with van der Waals surface area (Å²) in [5.74, 6) is 1.49. The minimum absolute atomic E-state index is 0.178. The van der Waals surface area contributed by atoms with Gasteiger partial charge >= 0.3 is 0 Å². The second-order valence-electron chi connectivity index (χ2n) is 7.31. The second-order valence-corrected chi connectivity index (χ2v) is 7.72. The summed E-state index contributed by atoms with van der Waals surface area (Å²) in [4.78, 5) is 0. The Balaban J connectivity index is 1.83. The van der Waals surface area contributed by atoms with E-state index in [2.05, 4.69) is 54.8 Å². The van der Waals surface area contributed by atoms with Crippen LogP contribution in [0.1, 0.15) is 42.4 Å². The highest BCUT2D eigenvalue weighted by molar-refractivity contribution is 7.80. The number of hydrogen-bond acceptors (Lipinski definition) is 3. The number of benzene rings is 2. The van der Waals surface area contributed by atoms with Gasteiger partial charge in [-0.05, 0) is 79.9 Å². The van der Waals surface area contributed by atoms with Crippen LogP contribution in [0.5, 0.6) is 11.5 Å². The van der Waals surface area contributed by atoms with Gasteiger partial charge in [0.25, 0.3) is 0 Å². The van der Waals surface area contributed by atoms with E-state index in [-0.39, 0.29) is 5.54 Å². The monoisotopic (exact) mass is 384 g/mol. The van der Waals surface area contributed by atoms with Crippen LogP contribution in [0.2, 0.25) is 0 Å². The third kappa shape index (κ3) is 4.35. The van der Waals surface area contributed by atoms with Crippen molar-refractivity contribution >= 4 is 23.0 Å². The zero-order chi connectivity index (χ0) is 19.4. The molecule has 144 valence electrons. The Morgan fingerprint density at radius 3 is 2.15 bits per heavy atom. The summed E-state index contributed by atoms with van der Waals surface area (Å²) in [6.07, 6.45) is 4.43. The Morgan fingerprint density at radius 1 is 0.926 bits per heavy atom. The standard InChI is InChI=1S/C22H28N2O2S/c1-15-11-16(2)13-18(12-15)23-21(27)24-22(9-5-6-10-22)17-7-8-19(25-3)20(14-17)26-4/h7-8,11-14H,5-6,9-10H2,1-4H3,(H2,23,24,27). The summed E-state index contributed by atoms with van der Waals surface area (Å²) in [6, 6.07) is 12.5. The van der Waals surface area contributed by atoms with Crippen LogP contribution < -0.4 is 20.1 Å². The Hall–Kier alpha value is -2.27. The van der Waals surface area contributed by atoms with Crippen molar-refractivity contribution in [2.24, 2.45) is 0 Å². The molecule has 0 aromatic heterocycles. The number of thiocarbonyl (C=S) groups is 1. The average molecular weight is 385 g/mol. The van der Waals surface area contributed by atoms with E-state index in [4.69, 9.17) is 21.7 Å². The molecule has 0 saturated heterocycles. The van der Waals surface area contributed by atoms with Gasteiger partial charge in [-0.25, -0.2) is 0 Å². The van der Waals surface area contributed by atoms with Crippen LogP contribution in [0.25, 0.3) is 0 Å². The van der Waals surface area contributed by atoms with E-state index >= 15 is 0 Å². The van der Waals surface area contributed by atoms with E-state index < -0.39 is 0 Å². The first-order chi connectivity index (χ1) is 13.0. The highest BCUT2D eigenvalue weighted by atomic mass is 32.1. The number of rotatable bonds is 5. The molecule has 5 heteroatoms. The lowest BCUT2D eigenvalue weighted by Gasteiger charge is -2.33. The summed E-state index contributed by atoms with van der Waals surface area (Å²) >= 11 is 5.66. The Bertz CT molecular complexity index is 809. The number of ether oxygens (including phenoxy) is 2. The van der Waals surface area contributed by atoms with E-state index in [1.54, 1.807) is 14.2 Å². The van der Waals surface area contributed by atoms with Gasteiger partial charge in [0, 0.05) is 5.69 Å². The topological polar surface area (TPSA) is 42.5 Å². The van der Waals surface area contributed by atoms with Crippen molar-refractivity contribution in [1.29, 1.82) is 0 Å². The van der Waals surface area contributed by atoms with Gasteiger partial charge in [-0.1, -0.05) is 25.0 Å². The molecule has 2 aromatic rings. The van der Waals surface area contributed by atoms with Crippen molar-refractivity contribution in [3.05, 3.63) is 53.1 Å². The van der Waals surface area contributed by atoms with Gasteiger partial charge in [0.1, 0.15) is 0 Å². The smallest absolute Gasteiger partial charge is 0.171 e. The Morgan fingerprint density at radius 2 is 1.56 bits per heavy atom. The minimum atomic E-state index is -0.178. The number of hydrogen-bond donors (Lipinski definition) is 2. The summed E-state index contributed by atoms with van der Waals surface area (Å²) in [5.41, 5.74) is 4.46. The molecule has 4 nitrogen and oxygen atoms in total. The maximum Gasteiger partial charge on any atom is 0.171 e. The molecule has 2 N–H and O–H groups in total. The average Bonchev–Trinajstić information content (AvgIpc) is 3.09. The third-order valence-corrected chi connectivity index (χ3v) is 5.43. The maximum atomic E-state index is 5.66. The molecule has 0 atom stereocenters. The van der Waals surface area contributed by atoms with Crippen LogP contribution in [0.3, 0.4) is 0 Å². The first-order valence-corrected chi connectivity index (χ1v) is 9.76. The second kappa shape index (κ2) is 8.17. The SMILES string of the molecule is COc1ccc(C2(NC(=S)Nc3cc(C)cc(C)c3)CCCC2)cc1OC. The van der Waals surface area contributed by atoms with E-state index in [0.717, 1.165) is 30.0 Å². The fourth-order valence-electron chi connectivity index (χ4n) is 4.02. The maximum absolute atomic E-state index is 5.66. The van der Waals surface area contributed by atoms with Crippen LogP contribution in [0, 0.1) is 13.8 Å². The number of nitrogens with one attached hydrogen (secondary N) is 2. The molecule has 0 unspecified atom stereocenters. The highest BCUT2D eigenvalue weighted by Crippen LogP contribution is 2.41. The van der Waals surface area contributed by atoms with Crippen LogP contribution in [0.15, 0.2) is 36.4 Å². The van der Waals surface area contributed by atoms with Crippen LogP contribution in [0.4, 0.5) is 5.69 Å². The molecule has 0 radical (unpaired) electrons. The molecule has 27 heavy (non-hydrogen) atoms. The van der Waals surface area contributed by atoms with Gasteiger partial charge in [0.15, 0.2) is 16.6 Å². The van der Waals surface area contributed by atoms with Gasteiger partial charge < -0.3 is 20.1 Å². The van der Waals surface area contributed by atoms with E-state index in [9.17, 15) is 0 Å². The Labute approximate surface area is 167 Å². The van der Waals surface area contributed by atoms with Crippen LogP contribution in [-0.4, -0.2) is 19.3 Å². The summed E-state index contributed by atoms with van der Waals surface area (Å²) in [5, 5.41) is 7.62. The van der Waals surface area contributed by atoms with Crippen LogP contribution in [-0.2, 0) is 5.54 Å². The predicted molar refractivity (Wildman–Crippen MR) is 115 cm³/mol. The van der Waals surface area contributed by atoms with Crippen molar-refractivity contribution in [1.82, 2.24) is 5.32 Å². The summed E-state index contributed by atoms with van der Waals surface area (Å²) < 4.78 is 10.9. The van der Waals surface area contributed by atoms with Gasteiger partial charge in [0.2, 0.25) is 0 Å². The van der Waals surface area contributed by atoms with E-state index in [1.165, 1.54) is 29.5 Å². The van der Waals surface area contributed by atoms with Crippen molar-refractivity contribution in [3.63, 3.8) is 0 Å². The van der Waals surface area contributed by atoms with Gasteiger partial charge in [0.05, 0.1) is 19.8 Å². The molecule has 0 spiro atoms. The van der Waals surface area contributed by atoms with Gasteiger partial charge in [-0.3, -0.25) is 0 Å². The molecular formula is C22H28N2O2S. The van der Waals surface area contributed by atoms with Gasteiger partial charge in [-0.15, -0.1) is 0 Å². The lowest BCUT2D eigenvalue weighted by atomic mass is 9.88. The molecule has 1 aliphatic carbocycles. The molecule has 0 aliphatic heterocycles. The quantitative estimate of drug-likeness (QED) is 0.704. The van der Waals surface area contributed by atoms with Crippen molar-refractivity contribution in [2.45, 2.75) is 45.1 Å². The van der Waals surface area contributed by atoms with Crippen molar-refractivity contribution in [2.75, 3.05) is 19.5 Å². The fourth-order valence-corrected chi connectivity index (χ4v) is 4.34. The zero-order valence-electron chi connectivity index (χ0n) is 16.5. The molecule has 1 fully saturated rings. The number of methoxy groups -OCH3 is 2. The molecule has 0 heterocycles. The molecule has 2 aromatic carbocycles. The molecule has 0 bridgehead atoms. The predicted octanol–water partition coefficient (Wildman–Crippen LogP) is 5.08. The first kappa shape index (κ1) is 19.5. The Kier molecular flexibility index (Phi) is 5.90. The van der Waals surface area contributed by atoms with Crippen LogP contribution >= 0.6 is 12.2 Å².